The molecule has 0 aliphatic carbocycles. The second-order valence-corrected chi connectivity index (χ2v) is 3.40. The van der Waals surface area contributed by atoms with Gasteiger partial charge < -0.3 is 9.72 Å². The number of rotatable bonds is 2. The summed E-state index contributed by atoms with van der Waals surface area (Å²) in [5.41, 5.74) is 0.687. The van der Waals surface area contributed by atoms with Crippen LogP contribution in [0.1, 0.15) is 5.69 Å². The zero-order valence-electron chi connectivity index (χ0n) is 8.51. The largest absolute Gasteiger partial charge is 0.469 e. The van der Waals surface area contributed by atoms with E-state index in [-0.39, 0.29) is 11.9 Å². The average Bonchev–Trinajstić information content (AvgIpc) is 2.60. The molecule has 84 valence electrons. The van der Waals surface area contributed by atoms with Crippen molar-refractivity contribution < 1.29 is 18.3 Å². The lowest BCUT2D eigenvalue weighted by Gasteiger charge is -1.95. The highest BCUT2D eigenvalue weighted by atomic mass is 19.1. The number of fused-ring (bicyclic) bond motifs is 1. The number of benzene rings is 1. The Balaban J connectivity index is 2.44. The van der Waals surface area contributed by atoms with Crippen LogP contribution >= 0.6 is 0 Å². The Kier molecular flexibility index (Phi) is 2.60. The van der Waals surface area contributed by atoms with Crippen molar-refractivity contribution in [1.29, 1.82) is 0 Å². The fourth-order valence-corrected chi connectivity index (χ4v) is 1.55. The molecule has 0 unspecified atom stereocenters. The molecule has 0 bridgehead atoms. The molecule has 0 spiro atoms. The fourth-order valence-electron chi connectivity index (χ4n) is 1.55. The summed E-state index contributed by atoms with van der Waals surface area (Å²) in [4.78, 5) is 13.7. The number of aromatic nitrogens is 1. The first-order valence-electron chi connectivity index (χ1n) is 4.63. The van der Waals surface area contributed by atoms with E-state index in [1.165, 1.54) is 19.2 Å². The number of hydrogen-bond acceptors (Lipinski definition) is 2. The molecular weight excluding hydrogens is 216 g/mol. The number of nitrogens with one attached hydrogen (secondary N) is 1. The third-order valence-electron chi connectivity index (χ3n) is 2.26. The minimum absolute atomic E-state index is 0.00619. The summed E-state index contributed by atoms with van der Waals surface area (Å²) in [5, 5.41) is 0.399. The second-order valence-electron chi connectivity index (χ2n) is 3.40. The zero-order valence-corrected chi connectivity index (χ0v) is 8.51. The van der Waals surface area contributed by atoms with Crippen LogP contribution in [0, 0.1) is 11.6 Å². The molecule has 2 rings (SSSR count). The first-order valence-corrected chi connectivity index (χ1v) is 4.63. The van der Waals surface area contributed by atoms with Crippen molar-refractivity contribution in [2.45, 2.75) is 6.42 Å². The Labute approximate surface area is 90.0 Å². The number of hydrogen-bond donors (Lipinski definition) is 1. The first-order chi connectivity index (χ1) is 7.60. The molecule has 0 radical (unpaired) electrons. The van der Waals surface area contributed by atoms with Gasteiger partial charge in [0.15, 0.2) is 0 Å². The minimum Gasteiger partial charge on any atom is -0.469 e. The van der Waals surface area contributed by atoms with E-state index in [9.17, 15) is 13.6 Å². The van der Waals surface area contributed by atoms with Gasteiger partial charge in [0.25, 0.3) is 0 Å². The molecule has 1 N–H and O–H groups in total. The van der Waals surface area contributed by atoms with Gasteiger partial charge in [-0.3, -0.25) is 4.79 Å². The normalized spacial score (nSPS) is 10.7. The smallest absolute Gasteiger partial charge is 0.311 e. The number of H-pyrrole nitrogens is 1. The quantitative estimate of drug-likeness (QED) is 0.796. The number of esters is 1. The van der Waals surface area contributed by atoms with Gasteiger partial charge in [0.2, 0.25) is 0 Å². The van der Waals surface area contributed by atoms with Gasteiger partial charge >= 0.3 is 5.97 Å². The van der Waals surface area contributed by atoms with Crippen molar-refractivity contribution in [3.05, 3.63) is 35.5 Å². The van der Waals surface area contributed by atoms with Gasteiger partial charge in [-0.15, -0.1) is 0 Å². The summed E-state index contributed by atoms with van der Waals surface area (Å²) in [6.07, 6.45) is 0.00619. The van der Waals surface area contributed by atoms with E-state index in [0.717, 1.165) is 6.07 Å². The standard InChI is InChI=1S/C11H9F2NO2/c1-16-10(15)5-8-3-6-2-7(12)4-9(13)11(6)14-8/h2-4,14H,5H2,1H3. The maximum atomic E-state index is 13.3. The van der Waals surface area contributed by atoms with Crippen molar-refractivity contribution in [1.82, 2.24) is 4.98 Å². The lowest BCUT2D eigenvalue weighted by Crippen LogP contribution is -2.04. The zero-order chi connectivity index (χ0) is 11.7. The van der Waals surface area contributed by atoms with E-state index in [0.29, 0.717) is 11.1 Å². The van der Waals surface area contributed by atoms with Crippen LogP contribution in [0.5, 0.6) is 0 Å². The minimum atomic E-state index is -0.675. The van der Waals surface area contributed by atoms with Crippen molar-refractivity contribution in [3.63, 3.8) is 0 Å². The van der Waals surface area contributed by atoms with E-state index in [4.69, 9.17) is 0 Å². The number of carbonyl (C=O) groups is 1. The molecule has 1 heterocycles. The van der Waals surface area contributed by atoms with Crippen LogP contribution < -0.4 is 0 Å². The molecule has 0 amide bonds. The molecule has 0 fully saturated rings. The molecule has 0 saturated carbocycles. The molecule has 2 aromatic rings. The van der Waals surface area contributed by atoms with Gasteiger partial charge in [0.1, 0.15) is 11.6 Å². The number of aromatic amines is 1. The van der Waals surface area contributed by atoms with Crippen molar-refractivity contribution in [2.75, 3.05) is 7.11 Å². The number of carbonyl (C=O) groups excluding carboxylic acids is 1. The van der Waals surface area contributed by atoms with Crippen LogP contribution in [0.3, 0.4) is 0 Å². The summed E-state index contributed by atoms with van der Waals surface area (Å²) in [6.45, 7) is 0. The van der Waals surface area contributed by atoms with E-state index in [1.54, 1.807) is 0 Å². The van der Waals surface area contributed by atoms with Crippen molar-refractivity contribution >= 4 is 16.9 Å². The van der Waals surface area contributed by atoms with Crippen LogP contribution in [0.2, 0.25) is 0 Å². The van der Waals surface area contributed by atoms with Gasteiger partial charge in [-0.2, -0.15) is 0 Å². The SMILES string of the molecule is COC(=O)Cc1cc2cc(F)cc(F)c2[nH]1. The van der Waals surface area contributed by atoms with Gasteiger partial charge in [0, 0.05) is 17.1 Å². The lowest BCUT2D eigenvalue weighted by molar-refractivity contribution is -0.139. The predicted octanol–water partition coefficient (Wildman–Crippen LogP) is 2.16. The Morgan fingerprint density at radius 3 is 2.81 bits per heavy atom. The molecule has 16 heavy (non-hydrogen) atoms. The van der Waals surface area contributed by atoms with E-state index in [1.807, 2.05) is 0 Å². The van der Waals surface area contributed by atoms with Gasteiger partial charge in [-0.05, 0) is 12.1 Å². The van der Waals surface area contributed by atoms with Gasteiger partial charge in [-0.25, -0.2) is 8.78 Å². The summed E-state index contributed by atoms with van der Waals surface area (Å²) < 4.78 is 30.7. The number of methoxy groups -OCH3 is 1. The Morgan fingerprint density at radius 1 is 1.38 bits per heavy atom. The first kappa shape index (κ1) is 10.6. The highest BCUT2D eigenvalue weighted by molar-refractivity contribution is 5.83. The maximum absolute atomic E-state index is 13.3. The van der Waals surface area contributed by atoms with Crippen LogP contribution in [0.4, 0.5) is 8.78 Å². The maximum Gasteiger partial charge on any atom is 0.311 e. The summed E-state index contributed by atoms with van der Waals surface area (Å²) in [7, 11) is 1.27. The van der Waals surface area contributed by atoms with Gasteiger partial charge in [0.05, 0.1) is 19.0 Å². The van der Waals surface area contributed by atoms with Crippen molar-refractivity contribution in [2.24, 2.45) is 0 Å². The lowest BCUT2D eigenvalue weighted by atomic mass is 10.2. The predicted molar refractivity (Wildman–Crippen MR) is 53.9 cm³/mol. The molecular formula is C11H9F2NO2. The van der Waals surface area contributed by atoms with Crippen LogP contribution in [0.15, 0.2) is 18.2 Å². The third-order valence-corrected chi connectivity index (χ3v) is 2.26. The van der Waals surface area contributed by atoms with Crippen molar-refractivity contribution in [3.8, 4) is 0 Å². The highest BCUT2D eigenvalue weighted by Gasteiger charge is 2.10. The molecule has 0 atom stereocenters. The Hall–Kier alpha value is -1.91. The number of halogens is 2. The molecule has 0 aliphatic rings. The number of ether oxygens (including phenoxy) is 1. The molecule has 1 aromatic heterocycles. The van der Waals surface area contributed by atoms with E-state index < -0.39 is 17.6 Å². The van der Waals surface area contributed by atoms with Gasteiger partial charge in [-0.1, -0.05) is 0 Å². The molecule has 1 aromatic carbocycles. The molecule has 5 heteroatoms. The third kappa shape index (κ3) is 1.88. The average molecular weight is 225 g/mol. The van der Waals surface area contributed by atoms with Crippen LogP contribution in [-0.2, 0) is 16.0 Å². The van der Waals surface area contributed by atoms with Crippen LogP contribution in [-0.4, -0.2) is 18.1 Å². The summed E-state index contributed by atoms with van der Waals surface area (Å²) in [5.74, 6) is -1.76. The van der Waals surface area contributed by atoms with E-state index in [2.05, 4.69) is 9.72 Å². The topological polar surface area (TPSA) is 42.1 Å². The second kappa shape index (κ2) is 3.92. The Bertz CT molecular complexity index is 548. The monoisotopic (exact) mass is 225 g/mol. The molecule has 3 nitrogen and oxygen atoms in total. The molecule has 0 saturated heterocycles. The molecule has 0 aliphatic heterocycles. The van der Waals surface area contributed by atoms with Crippen LogP contribution in [0.25, 0.3) is 10.9 Å². The summed E-state index contributed by atoms with van der Waals surface area (Å²) >= 11 is 0. The highest BCUT2D eigenvalue weighted by Crippen LogP contribution is 2.20. The Morgan fingerprint density at radius 2 is 2.12 bits per heavy atom. The van der Waals surface area contributed by atoms with E-state index >= 15 is 0 Å². The fraction of sp³-hybridized carbons (Fsp3) is 0.182. The summed E-state index contributed by atoms with van der Waals surface area (Å²) in [6, 6.07) is 3.52.